The molecular formula is C20H27N5O. The van der Waals surface area contributed by atoms with Crippen LogP contribution >= 0.6 is 0 Å². The number of nitrogens with zero attached hydrogens (tertiary/aromatic N) is 5. The van der Waals surface area contributed by atoms with Crippen LogP contribution in [0.2, 0.25) is 0 Å². The lowest BCUT2D eigenvalue weighted by molar-refractivity contribution is 0.231. The molecule has 0 saturated carbocycles. The minimum Gasteiger partial charge on any atom is -0.492 e. The van der Waals surface area contributed by atoms with E-state index in [1.165, 1.54) is 22.4 Å². The molecule has 0 fully saturated rings. The zero-order chi connectivity index (χ0) is 18.7. The van der Waals surface area contributed by atoms with Gasteiger partial charge in [-0.05, 0) is 58.0 Å². The zero-order valence-corrected chi connectivity index (χ0v) is 16.2. The standard InChI is InChI=1S/C20H27N5O/c1-15-6-7-20(16(2)10-15)26-9-8-23(5)12-19-11-17(3)25(18(19)4)24-13-21-22-14-24/h6-7,10-11,13-14H,8-9,12H2,1-5H3. The van der Waals surface area contributed by atoms with E-state index in [4.69, 9.17) is 4.74 Å². The highest BCUT2D eigenvalue weighted by molar-refractivity contribution is 5.35. The van der Waals surface area contributed by atoms with Gasteiger partial charge in [0.05, 0.1) is 0 Å². The Bertz CT molecular complexity index is 867. The van der Waals surface area contributed by atoms with E-state index in [-0.39, 0.29) is 0 Å². The summed E-state index contributed by atoms with van der Waals surface area (Å²) in [5, 5.41) is 7.80. The first-order chi connectivity index (χ1) is 12.5. The second-order valence-electron chi connectivity index (χ2n) is 6.91. The predicted octanol–water partition coefficient (Wildman–Crippen LogP) is 3.14. The summed E-state index contributed by atoms with van der Waals surface area (Å²) >= 11 is 0. The summed E-state index contributed by atoms with van der Waals surface area (Å²) in [6.45, 7) is 10.8. The maximum atomic E-state index is 5.95. The fourth-order valence-corrected chi connectivity index (χ4v) is 3.27. The van der Waals surface area contributed by atoms with E-state index in [2.05, 4.69) is 78.8 Å². The number of ether oxygens (including phenoxy) is 1. The molecule has 3 aromatic rings. The van der Waals surface area contributed by atoms with E-state index >= 15 is 0 Å². The summed E-state index contributed by atoms with van der Waals surface area (Å²) in [6, 6.07) is 8.51. The summed E-state index contributed by atoms with van der Waals surface area (Å²) in [5.74, 6) is 0.967. The quantitative estimate of drug-likeness (QED) is 0.655. The molecule has 6 nitrogen and oxygen atoms in total. The molecule has 26 heavy (non-hydrogen) atoms. The zero-order valence-electron chi connectivity index (χ0n) is 16.2. The molecular weight excluding hydrogens is 326 g/mol. The molecule has 1 aromatic carbocycles. The first-order valence-corrected chi connectivity index (χ1v) is 8.87. The molecule has 138 valence electrons. The van der Waals surface area contributed by atoms with E-state index in [1.807, 2.05) is 4.68 Å². The highest BCUT2D eigenvalue weighted by Gasteiger charge is 2.12. The van der Waals surface area contributed by atoms with Gasteiger partial charge in [-0.1, -0.05) is 17.7 Å². The summed E-state index contributed by atoms with van der Waals surface area (Å²) in [5.41, 5.74) is 6.10. The topological polar surface area (TPSA) is 48.1 Å². The molecule has 2 heterocycles. The van der Waals surface area contributed by atoms with Gasteiger partial charge >= 0.3 is 0 Å². The monoisotopic (exact) mass is 353 g/mol. The molecule has 3 rings (SSSR count). The highest BCUT2D eigenvalue weighted by atomic mass is 16.5. The van der Waals surface area contributed by atoms with Gasteiger partial charge in [-0.25, -0.2) is 4.68 Å². The van der Waals surface area contributed by atoms with Crippen molar-refractivity contribution < 1.29 is 4.74 Å². The normalized spacial score (nSPS) is 11.3. The maximum Gasteiger partial charge on any atom is 0.139 e. The first kappa shape index (κ1) is 18.2. The van der Waals surface area contributed by atoms with Crippen LogP contribution in [-0.2, 0) is 6.54 Å². The molecule has 0 unspecified atom stereocenters. The van der Waals surface area contributed by atoms with Gasteiger partial charge in [-0.15, -0.1) is 10.2 Å². The lowest BCUT2D eigenvalue weighted by Gasteiger charge is -2.18. The van der Waals surface area contributed by atoms with Crippen LogP contribution in [0.3, 0.4) is 0 Å². The van der Waals surface area contributed by atoms with Crippen molar-refractivity contribution in [2.24, 2.45) is 0 Å². The molecule has 6 heteroatoms. The molecule has 0 amide bonds. The molecule has 0 N–H and O–H groups in total. The minimum absolute atomic E-state index is 0.671. The van der Waals surface area contributed by atoms with Gasteiger partial charge in [0.1, 0.15) is 25.0 Å². The molecule has 0 aliphatic rings. The van der Waals surface area contributed by atoms with Crippen LogP contribution in [0.5, 0.6) is 5.75 Å². The third-order valence-electron chi connectivity index (χ3n) is 4.64. The van der Waals surface area contributed by atoms with Crippen molar-refractivity contribution in [3.05, 3.63) is 65.0 Å². The van der Waals surface area contributed by atoms with Crippen molar-refractivity contribution in [1.29, 1.82) is 0 Å². The number of benzene rings is 1. The molecule has 0 aliphatic heterocycles. The molecule has 0 bridgehead atoms. The predicted molar refractivity (Wildman–Crippen MR) is 102 cm³/mol. The van der Waals surface area contributed by atoms with E-state index in [9.17, 15) is 0 Å². The minimum atomic E-state index is 0.671. The number of hydrogen-bond donors (Lipinski definition) is 0. The second-order valence-corrected chi connectivity index (χ2v) is 6.91. The first-order valence-electron chi connectivity index (χ1n) is 8.87. The molecule has 0 aliphatic carbocycles. The van der Waals surface area contributed by atoms with Crippen LogP contribution in [-0.4, -0.2) is 44.6 Å². The van der Waals surface area contributed by atoms with Crippen molar-refractivity contribution in [3.63, 3.8) is 0 Å². The summed E-state index contributed by atoms with van der Waals surface area (Å²) in [4.78, 5) is 2.28. The largest absolute Gasteiger partial charge is 0.492 e. The van der Waals surface area contributed by atoms with E-state index < -0.39 is 0 Å². The van der Waals surface area contributed by atoms with Gasteiger partial charge in [0, 0.05) is 24.5 Å². The van der Waals surface area contributed by atoms with E-state index in [0.29, 0.717) is 6.61 Å². The number of likely N-dealkylation sites (N-methyl/N-ethyl adjacent to an activating group) is 1. The Kier molecular flexibility index (Phi) is 5.42. The molecule has 0 atom stereocenters. The molecule has 0 radical (unpaired) electrons. The van der Waals surface area contributed by atoms with Crippen LogP contribution < -0.4 is 4.74 Å². The fourth-order valence-electron chi connectivity index (χ4n) is 3.27. The summed E-state index contributed by atoms with van der Waals surface area (Å²) in [7, 11) is 2.12. The van der Waals surface area contributed by atoms with Crippen LogP contribution in [0.15, 0.2) is 36.9 Å². The summed E-state index contributed by atoms with van der Waals surface area (Å²) < 4.78 is 9.97. The van der Waals surface area contributed by atoms with Crippen molar-refractivity contribution in [1.82, 2.24) is 24.4 Å². The highest BCUT2D eigenvalue weighted by Crippen LogP contribution is 2.19. The van der Waals surface area contributed by atoms with Gasteiger partial charge < -0.3 is 4.74 Å². The van der Waals surface area contributed by atoms with Crippen LogP contribution in [0, 0.1) is 27.7 Å². The second kappa shape index (κ2) is 7.74. The smallest absolute Gasteiger partial charge is 0.139 e. The number of rotatable bonds is 7. The maximum absolute atomic E-state index is 5.95. The van der Waals surface area contributed by atoms with Crippen molar-refractivity contribution in [2.75, 3.05) is 20.2 Å². The van der Waals surface area contributed by atoms with Gasteiger partial charge in [0.15, 0.2) is 0 Å². The molecule has 2 aromatic heterocycles. The average Bonchev–Trinajstić information content (AvgIpc) is 3.18. The lowest BCUT2D eigenvalue weighted by Crippen LogP contribution is -2.24. The van der Waals surface area contributed by atoms with Crippen molar-refractivity contribution >= 4 is 0 Å². The molecule has 0 saturated heterocycles. The Morgan fingerprint density at radius 1 is 1.04 bits per heavy atom. The summed E-state index contributed by atoms with van der Waals surface area (Å²) in [6.07, 6.45) is 3.43. The van der Waals surface area contributed by atoms with Gasteiger partial charge in [-0.3, -0.25) is 9.58 Å². The van der Waals surface area contributed by atoms with Gasteiger partial charge in [0.25, 0.3) is 0 Å². The van der Waals surface area contributed by atoms with Crippen LogP contribution in [0.4, 0.5) is 0 Å². The number of aryl methyl sites for hydroxylation is 3. The Morgan fingerprint density at radius 2 is 1.77 bits per heavy atom. The van der Waals surface area contributed by atoms with Crippen molar-refractivity contribution in [3.8, 4) is 5.75 Å². The average molecular weight is 353 g/mol. The van der Waals surface area contributed by atoms with Gasteiger partial charge in [-0.2, -0.15) is 0 Å². The Labute approximate surface area is 155 Å². The fraction of sp³-hybridized carbons (Fsp3) is 0.400. The van der Waals surface area contributed by atoms with Crippen LogP contribution in [0.25, 0.3) is 0 Å². The van der Waals surface area contributed by atoms with Crippen molar-refractivity contribution in [2.45, 2.75) is 34.2 Å². The Morgan fingerprint density at radius 3 is 2.46 bits per heavy atom. The third kappa shape index (κ3) is 3.96. The number of hydrogen-bond acceptors (Lipinski definition) is 4. The lowest BCUT2D eigenvalue weighted by atomic mass is 10.1. The molecule has 0 spiro atoms. The van der Waals surface area contributed by atoms with E-state index in [1.54, 1.807) is 12.7 Å². The van der Waals surface area contributed by atoms with E-state index in [0.717, 1.165) is 24.5 Å². The van der Waals surface area contributed by atoms with Gasteiger partial charge in [0.2, 0.25) is 0 Å². The van der Waals surface area contributed by atoms with Crippen LogP contribution in [0.1, 0.15) is 28.1 Å². The Hall–Kier alpha value is -2.60. The third-order valence-corrected chi connectivity index (χ3v) is 4.64. The SMILES string of the molecule is Cc1ccc(OCCN(C)Cc2cc(C)n(-n3cnnc3)c2C)c(C)c1. The Balaban J connectivity index is 1.58. The number of aromatic nitrogens is 4.